The topological polar surface area (TPSA) is 59.8 Å². The van der Waals surface area contributed by atoms with Crippen molar-refractivity contribution in [3.63, 3.8) is 0 Å². The molecule has 2 aromatic rings. The van der Waals surface area contributed by atoms with E-state index < -0.39 is 0 Å². The minimum absolute atomic E-state index is 0.118. The lowest BCUT2D eigenvalue weighted by Gasteiger charge is -2.04. The number of rotatable bonds is 4. The van der Waals surface area contributed by atoms with Crippen molar-refractivity contribution in [3.8, 4) is 11.4 Å². The van der Waals surface area contributed by atoms with Crippen molar-refractivity contribution in [1.29, 1.82) is 0 Å². The molecule has 0 saturated heterocycles. The molecule has 0 fully saturated rings. The smallest absolute Gasteiger partial charge is 0.266 e. The van der Waals surface area contributed by atoms with Crippen LogP contribution in [0, 0.1) is 5.92 Å². The van der Waals surface area contributed by atoms with Crippen LogP contribution in [0.1, 0.15) is 13.8 Å². The molecular weight excluding hydrogens is 248 g/mol. The predicted molar refractivity (Wildman–Crippen MR) is 73.9 cm³/mol. The van der Waals surface area contributed by atoms with Crippen molar-refractivity contribution < 1.29 is 0 Å². The van der Waals surface area contributed by atoms with Gasteiger partial charge < -0.3 is 5.32 Å². The summed E-state index contributed by atoms with van der Waals surface area (Å²) in [6.07, 6.45) is 0. The van der Waals surface area contributed by atoms with Crippen LogP contribution in [0.5, 0.6) is 0 Å². The molecule has 2 aromatic heterocycles. The van der Waals surface area contributed by atoms with Crippen molar-refractivity contribution >= 4 is 16.5 Å². The van der Waals surface area contributed by atoms with Gasteiger partial charge in [0, 0.05) is 25.0 Å². The Morgan fingerprint density at radius 3 is 2.83 bits per heavy atom. The van der Waals surface area contributed by atoms with Crippen LogP contribution in [0.3, 0.4) is 0 Å². The first kappa shape index (κ1) is 12.8. The molecule has 0 atom stereocenters. The van der Waals surface area contributed by atoms with Gasteiger partial charge in [0.1, 0.15) is 11.4 Å². The van der Waals surface area contributed by atoms with Crippen LogP contribution in [0.4, 0.5) is 5.13 Å². The Hall–Kier alpha value is -1.69. The Morgan fingerprint density at radius 2 is 2.17 bits per heavy atom. The van der Waals surface area contributed by atoms with Crippen molar-refractivity contribution in [2.24, 2.45) is 13.0 Å². The van der Waals surface area contributed by atoms with E-state index in [1.165, 1.54) is 10.7 Å². The second-order valence-corrected chi connectivity index (χ2v) is 5.35. The normalized spacial score (nSPS) is 10.9. The summed E-state index contributed by atoms with van der Waals surface area (Å²) in [5, 5.41) is 10.3. The number of aromatic nitrogens is 3. The maximum absolute atomic E-state index is 11.3. The predicted octanol–water partition coefficient (Wildman–Crippen LogP) is 1.97. The Kier molecular flexibility index (Phi) is 3.76. The molecule has 0 amide bonds. The van der Waals surface area contributed by atoms with Crippen LogP contribution in [0.15, 0.2) is 22.3 Å². The number of anilines is 1. The summed E-state index contributed by atoms with van der Waals surface area (Å²) in [6.45, 7) is 5.19. The van der Waals surface area contributed by atoms with Crippen molar-refractivity contribution in [3.05, 3.63) is 27.9 Å². The number of hydrogen-bond donors (Lipinski definition) is 1. The molecule has 18 heavy (non-hydrogen) atoms. The first-order valence-electron chi connectivity index (χ1n) is 5.80. The molecule has 0 aliphatic carbocycles. The number of hydrogen-bond acceptors (Lipinski definition) is 5. The van der Waals surface area contributed by atoms with Crippen LogP contribution in [0.25, 0.3) is 11.4 Å². The van der Waals surface area contributed by atoms with E-state index in [4.69, 9.17) is 0 Å². The molecule has 0 aliphatic heterocycles. The second kappa shape index (κ2) is 5.30. The summed E-state index contributed by atoms with van der Waals surface area (Å²) < 4.78 is 1.32. The largest absolute Gasteiger partial charge is 0.361 e. The van der Waals surface area contributed by atoms with Gasteiger partial charge in [0.25, 0.3) is 5.56 Å². The number of aryl methyl sites for hydroxylation is 1. The Morgan fingerprint density at radius 1 is 1.39 bits per heavy atom. The van der Waals surface area contributed by atoms with Crippen LogP contribution in [0.2, 0.25) is 0 Å². The number of nitrogens with zero attached hydrogens (tertiary/aromatic N) is 3. The quantitative estimate of drug-likeness (QED) is 0.917. The van der Waals surface area contributed by atoms with E-state index in [1.54, 1.807) is 24.5 Å². The zero-order valence-corrected chi connectivity index (χ0v) is 11.5. The minimum Gasteiger partial charge on any atom is -0.361 e. The fraction of sp³-hybridized carbons (Fsp3) is 0.417. The lowest BCUT2D eigenvalue weighted by molar-refractivity contribution is 0.688. The lowest BCUT2D eigenvalue weighted by atomic mass is 10.2. The molecule has 2 heterocycles. The van der Waals surface area contributed by atoms with Crippen LogP contribution >= 0.6 is 11.3 Å². The molecule has 0 spiro atoms. The highest BCUT2D eigenvalue weighted by Crippen LogP contribution is 2.22. The third-order valence-corrected chi connectivity index (χ3v) is 3.19. The number of thiazole rings is 1. The van der Waals surface area contributed by atoms with E-state index in [0.29, 0.717) is 11.6 Å². The maximum Gasteiger partial charge on any atom is 0.266 e. The van der Waals surface area contributed by atoms with Crippen molar-refractivity contribution in [2.75, 3.05) is 11.9 Å². The van der Waals surface area contributed by atoms with E-state index in [9.17, 15) is 4.79 Å². The van der Waals surface area contributed by atoms with Gasteiger partial charge in [-0.25, -0.2) is 9.67 Å². The fourth-order valence-corrected chi connectivity index (χ4v) is 2.12. The van der Waals surface area contributed by atoms with Gasteiger partial charge in [-0.1, -0.05) is 13.8 Å². The Labute approximate surface area is 110 Å². The summed E-state index contributed by atoms with van der Waals surface area (Å²) in [4.78, 5) is 15.7. The van der Waals surface area contributed by atoms with Crippen molar-refractivity contribution in [1.82, 2.24) is 14.8 Å². The zero-order chi connectivity index (χ0) is 13.1. The molecule has 0 saturated carbocycles. The molecule has 6 heteroatoms. The third kappa shape index (κ3) is 2.95. The SMILES string of the molecule is CC(C)CNc1nc(-c2ccc(=O)n(C)n2)cs1. The highest BCUT2D eigenvalue weighted by molar-refractivity contribution is 7.14. The molecule has 1 N–H and O–H groups in total. The fourth-order valence-electron chi connectivity index (χ4n) is 1.40. The van der Waals surface area contributed by atoms with E-state index >= 15 is 0 Å². The molecule has 5 nitrogen and oxygen atoms in total. The average molecular weight is 264 g/mol. The summed E-state index contributed by atoms with van der Waals surface area (Å²) in [5.41, 5.74) is 1.39. The standard InChI is InChI=1S/C12H16N4OS/c1-8(2)6-13-12-14-10(7-18-12)9-4-5-11(17)16(3)15-9/h4-5,7-8H,6H2,1-3H3,(H,13,14). The van der Waals surface area contributed by atoms with Gasteiger partial charge in [-0.15, -0.1) is 11.3 Å². The van der Waals surface area contributed by atoms with Crippen LogP contribution < -0.4 is 10.9 Å². The molecular formula is C12H16N4OS. The Bertz CT molecular complexity index is 588. The molecule has 0 radical (unpaired) electrons. The highest BCUT2D eigenvalue weighted by Gasteiger charge is 2.07. The van der Waals surface area contributed by atoms with Crippen LogP contribution in [-0.4, -0.2) is 21.3 Å². The van der Waals surface area contributed by atoms with Crippen LogP contribution in [-0.2, 0) is 7.05 Å². The second-order valence-electron chi connectivity index (χ2n) is 4.49. The first-order valence-corrected chi connectivity index (χ1v) is 6.68. The van der Waals surface area contributed by atoms with Gasteiger partial charge in [-0.3, -0.25) is 4.79 Å². The number of nitrogens with one attached hydrogen (secondary N) is 1. The molecule has 0 aliphatic rings. The van der Waals surface area contributed by atoms with E-state index in [1.807, 2.05) is 5.38 Å². The van der Waals surface area contributed by atoms with E-state index in [0.717, 1.165) is 17.4 Å². The molecule has 0 bridgehead atoms. The zero-order valence-electron chi connectivity index (χ0n) is 10.7. The van der Waals surface area contributed by atoms with Gasteiger partial charge in [0.05, 0.1) is 0 Å². The average Bonchev–Trinajstić information content (AvgIpc) is 2.79. The molecule has 0 unspecified atom stereocenters. The van der Waals surface area contributed by atoms with Gasteiger partial charge in [-0.05, 0) is 12.0 Å². The molecule has 0 aromatic carbocycles. The Balaban J connectivity index is 2.18. The van der Waals surface area contributed by atoms with E-state index in [-0.39, 0.29) is 5.56 Å². The molecule has 2 rings (SSSR count). The molecule has 96 valence electrons. The van der Waals surface area contributed by atoms with Gasteiger partial charge >= 0.3 is 0 Å². The summed E-state index contributed by atoms with van der Waals surface area (Å²) in [6, 6.07) is 3.20. The summed E-state index contributed by atoms with van der Waals surface area (Å²) in [7, 11) is 1.64. The summed E-state index contributed by atoms with van der Waals surface area (Å²) in [5.74, 6) is 0.577. The van der Waals surface area contributed by atoms with Gasteiger partial charge in [-0.2, -0.15) is 5.10 Å². The third-order valence-electron chi connectivity index (χ3n) is 2.39. The van der Waals surface area contributed by atoms with Gasteiger partial charge in [0.2, 0.25) is 0 Å². The van der Waals surface area contributed by atoms with Gasteiger partial charge in [0.15, 0.2) is 5.13 Å². The lowest BCUT2D eigenvalue weighted by Crippen LogP contribution is -2.18. The van der Waals surface area contributed by atoms with E-state index in [2.05, 4.69) is 29.2 Å². The minimum atomic E-state index is -0.118. The summed E-state index contributed by atoms with van der Waals surface area (Å²) >= 11 is 1.55. The first-order chi connectivity index (χ1) is 8.56. The maximum atomic E-state index is 11.3. The monoisotopic (exact) mass is 264 g/mol. The highest BCUT2D eigenvalue weighted by atomic mass is 32.1. The van der Waals surface area contributed by atoms with Crippen molar-refractivity contribution in [2.45, 2.75) is 13.8 Å².